The van der Waals surface area contributed by atoms with E-state index in [1.165, 1.54) is 11.6 Å². The van der Waals surface area contributed by atoms with Crippen molar-refractivity contribution in [2.45, 2.75) is 6.54 Å². The molecule has 0 radical (unpaired) electrons. The third-order valence-electron chi connectivity index (χ3n) is 2.71. The van der Waals surface area contributed by atoms with Gasteiger partial charge in [-0.15, -0.1) is 5.10 Å². The molecule has 8 heteroatoms. The molecule has 0 aliphatic rings. The van der Waals surface area contributed by atoms with Crippen LogP contribution in [0.4, 0.5) is 0 Å². The van der Waals surface area contributed by atoms with Gasteiger partial charge < -0.3 is 4.42 Å². The summed E-state index contributed by atoms with van der Waals surface area (Å²) in [4.78, 5) is 15.2. The molecule has 106 valence electrons. The number of nitrogens with zero attached hydrogens (tertiary/aromatic N) is 4. The Kier molecular flexibility index (Phi) is 3.44. The third kappa shape index (κ3) is 2.95. The first kappa shape index (κ1) is 13.0. The van der Waals surface area contributed by atoms with Gasteiger partial charge in [-0.3, -0.25) is 10.0 Å². The van der Waals surface area contributed by atoms with Crippen molar-refractivity contribution in [1.29, 1.82) is 0 Å². The van der Waals surface area contributed by atoms with Gasteiger partial charge in [0, 0.05) is 6.08 Å². The summed E-state index contributed by atoms with van der Waals surface area (Å²) in [6.45, 7) is 0.335. The Bertz CT molecular complexity index is 772. The normalized spacial score (nSPS) is 11.3. The molecule has 3 rings (SSSR count). The van der Waals surface area contributed by atoms with E-state index >= 15 is 0 Å². The highest BCUT2D eigenvalue weighted by Gasteiger charge is 2.07. The van der Waals surface area contributed by atoms with Crippen LogP contribution in [-0.4, -0.2) is 31.1 Å². The van der Waals surface area contributed by atoms with E-state index in [2.05, 4.69) is 15.3 Å². The van der Waals surface area contributed by atoms with Gasteiger partial charge in [0.1, 0.15) is 17.8 Å². The average molecular weight is 285 g/mol. The second-order valence-electron chi connectivity index (χ2n) is 4.23. The largest absolute Gasteiger partial charge is 0.439 e. The lowest BCUT2D eigenvalue weighted by Crippen LogP contribution is -2.14. The number of hydroxylamine groups is 1. The van der Waals surface area contributed by atoms with Crippen LogP contribution in [-0.2, 0) is 11.3 Å². The standard InChI is InChI=1S/C13H11N5O3/c19-12(16-20)6-5-9-7-18(17-15-9)8-13-14-10-3-1-2-4-11(10)21-13/h1-7,20H,8H2,(H,16,19). The minimum atomic E-state index is -0.636. The van der Waals surface area contributed by atoms with Gasteiger partial charge in [0.15, 0.2) is 5.58 Å². The van der Waals surface area contributed by atoms with Gasteiger partial charge >= 0.3 is 0 Å². The number of benzene rings is 1. The molecule has 1 amide bonds. The van der Waals surface area contributed by atoms with Gasteiger partial charge in [-0.05, 0) is 18.2 Å². The maximum Gasteiger partial charge on any atom is 0.267 e. The Morgan fingerprint density at radius 2 is 2.29 bits per heavy atom. The molecule has 2 heterocycles. The predicted octanol–water partition coefficient (Wildman–Crippen LogP) is 0.986. The van der Waals surface area contributed by atoms with Gasteiger partial charge in [-0.2, -0.15) is 0 Å². The summed E-state index contributed by atoms with van der Waals surface area (Å²) in [5, 5.41) is 16.1. The zero-order valence-corrected chi connectivity index (χ0v) is 10.8. The number of oxazole rings is 1. The molecular formula is C13H11N5O3. The third-order valence-corrected chi connectivity index (χ3v) is 2.71. The molecule has 0 bridgehead atoms. The van der Waals surface area contributed by atoms with Crippen LogP contribution in [0.15, 0.2) is 41.0 Å². The first-order chi connectivity index (χ1) is 10.2. The highest BCUT2D eigenvalue weighted by molar-refractivity contribution is 5.90. The molecule has 2 N–H and O–H groups in total. The Hall–Kier alpha value is -3.00. The molecule has 1 aromatic carbocycles. The first-order valence-corrected chi connectivity index (χ1v) is 6.11. The van der Waals surface area contributed by atoms with Crippen molar-refractivity contribution in [3.05, 3.63) is 48.1 Å². The number of nitrogens with one attached hydrogen (secondary N) is 1. The van der Waals surface area contributed by atoms with E-state index in [0.29, 0.717) is 23.7 Å². The number of carbonyl (C=O) groups excluding carboxylic acids is 1. The number of hydrogen-bond acceptors (Lipinski definition) is 6. The van der Waals surface area contributed by atoms with Crippen LogP contribution in [0, 0.1) is 0 Å². The number of amides is 1. The molecule has 0 spiro atoms. The van der Waals surface area contributed by atoms with Crippen molar-refractivity contribution in [2.24, 2.45) is 0 Å². The number of hydrogen-bond donors (Lipinski definition) is 2. The average Bonchev–Trinajstić information content (AvgIpc) is 3.10. The van der Waals surface area contributed by atoms with E-state index in [9.17, 15) is 4.79 Å². The summed E-state index contributed by atoms with van der Waals surface area (Å²) < 4.78 is 7.12. The molecule has 0 unspecified atom stereocenters. The van der Waals surface area contributed by atoms with Crippen LogP contribution in [0.3, 0.4) is 0 Å². The Balaban J connectivity index is 1.74. The smallest absolute Gasteiger partial charge is 0.267 e. The van der Waals surface area contributed by atoms with Crippen LogP contribution in [0.2, 0.25) is 0 Å². The number of fused-ring (bicyclic) bond motifs is 1. The van der Waals surface area contributed by atoms with Gasteiger partial charge in [0.05, 0.1) is 6.20 Å². The van der Waals surface area contributed by atoms with Crippen LogP contribution < -0.4 is 5.48 Å². The SMILES string of the molecule is O=C(C=Cc1cn(Cc2nc3ccccc3o2)nn1)NO. The van der Waals surface area contributed by atoms with Crippen molar-refractivity contribution in [3.8, 4) is 0 Å². The lowest BCUT2D eigenvalue weighted by atomic mass is 10.3. The summed E-state index contributed by atoms with van der Waals surface area (Å²) in [7, 11) is 0. The topological polar surface area (TPSA) is 106 Å². The molecule has 21 heavy (non-hydrogen) atoms. The second kappa shape index (κ2) is 5.55. The first-order valence-electron chi connectivity index (χ1n) is 6.11. The van der Waals surface area contributed by atoms with Gasteiger partial charge in [-0.25, -0.2) is 15.1 Å². The van der Waals surface area contributed by atoms with Crippen molar-refractivity contribution < 1.29 is 14.4 Å². The van der Waals surface area contributed by atoms with E-state index in [4.69, 9.17) is 9.62 Å². The van der Waals surface area contributed by atoms with Gasteiger partial charge in [0.2, 0.25) is 5.89 Å². The van der Waals surface area contributed by atoms with E-state index in [1.54, 1.807) is 10.9 Å². The summed E-state index contributed by atoms with van der Waals surface area (Å²) >= 11 is 0. The fourth-order valence-corrected chi connectivity index (χ4v) is 1.79. The zero-order chi connectivity index (χ0) is 14.7. The minimum Gasteiger partial charge on any atom is -0.439 e. The van der Waals surface area contributed by atoms with E-state index in [-0.39, 0.29) is 0 Å². The fraction of sp³-hybridized carbons (Fsp3) is 0.0769. The number of aromatic nitrogens is 4. The molecule has 0 fully saturated rings. The molecule has 3 aromatic rings. The van der Waals surface area contributed by atoms with E-state index in [1.807, 2.05) is 24.3 Å². The van der Waals surface area contributed by atoms with Crippen LogP contribution in [0.1, 0.15) is 11.6 Å². The number of rotatable bonds is 4. The Morgan fingerprint density at radius 1 is 1.43 bits per heavy atom. The Morgan fingerprint density at radius 3 is 3.10 bits per heavy atom. The molecule has 0 saturated heterocycles. The van der Waals surface area contributed by atoms with Crippen molar-refractivity contribution in [3.63, 3.8) is 0 Å². The minimum absolute atomic E-state index is 0.335. The van der Waals surface area contributed by atoms with Gasteiger partial charge in [0.25, 0.3) is 5.91 Å². The van der Waals surface area contributed by atoms with Crippen LogP contribution >= 0.6 is 0 Å². The molecule has 0 aliphatic heterocycles. The van der Waals surface area contributed by atoms with Crippen molar-refractivity contribution >= 4 is 23.1 Å². The van der Waals surface area contributed by atoms with E-state index in [0.717, 1.165) is 11.6 Å². The monoisotopic (exact) mass is 285 g/mol. The summed E-state index contributed by atoms with van der Waals surface area (Å²) in [6, 6.07) is 7.47. The molecule has 0 saturated carbocycles. The van der Waals surface area contributed by atoms with Crippen LogP contribution in [0.5, 0.6) is 0 Å². The van der Waals surface area contributed by atoms with Crippen LogP contribution in [0.25, 0.3) is 17.2 Å². The molecule has 8 nitrogen and oxygen atoms in total. The highest BCUT2D eigenvalue weighted by Crippen LogP contribution is 2.15. The maximum atomic E-state index is 10.9. The molecule has 0 atom stereocenters. The summed E-state index contributed by atoms with van der Waals surface area (Å²) in [5.74, 6) is -0.117. The van der Waals surface area contributed by atoms with E-state index < -0.39 is 5.91 Å². The number of para-hydroxylation sites is 2. The second-order valence-corrected chi connectivity index (χ2v) is 4.23. The predicted molar refractivity (Wildman–Crippen MR) is 72.1 cm³/mol. The van der Waals surface area contributed by atoms with Crippen molar-refractivity contribution in [1.82, 2.24) is 25.5 Å². The summed E-state index contributed by atoms with van der Waals surface area (Å²) in [5.41, 5.74) is 3.47. The lowest BCUT2D eigenvalue weighted by molar-refractivity contribution is -0.124. The quantitative estimate of drug-likeness (QED) is 0.420. The molecule has 2 aromatic heterocycles. The molecule has 0 aliphatic carbocycles. The number of carbonyl (C=O) groups is 1. The van der Waals surface area contributed by atoms with Crippen molar-refractivity contribution in [2.75, 3.05) is 0 Å². The fourth-order valence-electron chi connectivity index (χ4n) is 1.79. The van der Waals surface area contributed by atoms with Gasteiger partial charge in [-0.1, -0.05) is 17.3 Å². The highest BCUT2D eigenvalue weighted by atomic mass is 16.5. The Labute approximate surface area is 118 Å². The summed E-state index contributed by atoms with van der Waals surface area (Å²) in [6.07, 6.45) is 4.21. The maximum absolute atomic E-state index is 10.9. The zero-order valence-electron chi connectivity index (χ0n) is 10.8. The lowest BCUT2D eigenvalue weighted by Gasteiger charge is -1.92. The molecular weight excluding hydrogens is 274 g/mol.